The van der Waals surface area contributed by atoms with Crippen LogP contribution < -0.4 is 11.2 Å². The van der Waals surface area contributed by atoms with Gasteiger partial charge in [-0.15, -0.1) is 0 Å². The summed E-state index contributed by atoms with van der Waals surface area (Å²) in [6.07, 6.45) is 3.73. The first kappa shape index (κ1) is 17.2. The molecule has 0 saturated heterocycles. The molecule has 0 bridgehead atoms. The van der Waals surface area contributed by atoms with Crippen LogP contribution in [0.4, 0.5) is 8.63 Å². The minimum atomic E-state index is -2.52. The van der Waals surface area contributed by atoms with Crippen molar-refractivity contribution in [3.8, 4) is 0 Å². The fourth-order valence-electron chi connectivity index (χ4n) is 2.89. The van der Waals surface area contributed by atoms with Gasteiger partial charge < -0.3 is 5.73 Å². The standard InChI is InChI=1S/C19H17BF2N2O/c21-20(22)17-5-3-14(4-6-17)18(11-23)19(25)10-13-1-2-16-12-24-8-7-15(16)9-13/h1-9,12,18H,10-11,23H2. The fourth-order valence-corrected chi connectivity index (χ4v) is 2.89. The van der Waals surface area contributed by atoms with Crippen molar-refractivity contribution >= 4 is 29.3 Å². The van der Waals surface area contributed by atoms with Crippen molar-refractivity contribution in [2.75, 3.05) is 6.54 Å². The van der Waals surface area contributed by atoms with Crippen molar-refractivity contribution in [3.63, 3.8) is 0 Å². The molecule has 0 aliphatic carbocycles. The Bertz CT molecular complexity index is 884. The number of fused-ring (bicyclic) bond motifs is 1. The number of aromatic nitrogens is 1. The molecule has 0 saturated carbocycles. The van der Waals surface area contributed by atoms with Gasteiger partial charge in [0.05, 0.1) is 5.92 Å². The summed E-state index contributed by atoms with van der Waals surface area (Å²) in [7, 11) is -2.52. The van der Waals surface area contributed by atoms with Gasteiger partial charge in [-0.05, 0) is 28.0 Å². The maximum atomic E-state index is 12.7. The van der Waals surface area contributed by atoms with Crippen LogP contribution in [0, 0.1) is 0 Å². The van der Waals surface area contributed by atoms with E-state index >= 15 is 0 Å². The van der Waals surface area contributed by atoms with E-state index in [0.717, 1.165) is 16.3 Å². The summed E-state index contributed by atoms with van der Waals surface area (Å²) in [6.45, 7) is 0.143. The molecule has 126 valence electrons. The number of ketones is 1. The smallest absolute Gasteiger partial charge is 0.329 e. The summed E-state index contributed by atoms with van der Waals surface area (Å²) < 4.78 is 25.3. The van der Waals surface area contributed by atoms with Crippen molar-refractivity contribution in [1.29, 1.82) is 0 Å². The summed E-state index contributed by atoms with van der Waals surface area (Å²) >= 11 is 0. The molecular weight excluding hydrogens is 321 g/mol. The number of rotatable bonds is 6. The Morgan fingerprint density at radius 3 is 2.52 bits per heavy atom. The fraction of sp³-hybridized carbons (Fsp3) is 0.158. The lowest BCUT2D eigenvalue weighted by molar-refractivity contribution is -0.119. The number of nitrogens with two attached hydrogens (primary N) is 1. The van der Waals surface area contributed by atoms with Crippen LogP contribution in [-0.4, -0.2) is 24.6 Å². The van der Waals surface area contributed by atoms with Crippen LogP contribution in [0.5, 0.6) is 0 Å². The lowest BCUT2D eigenvalue weighted by Gasteiger charge is -2.15. The molecule has 1 atom stereocenters. The van der Waals surface area contributed by atoms with E-state index in [1.54, 1.807) is 24.5 Å². The zero-order valence-corrected chi connectivity index (χ0v) is 13.5. The summed E-state index contributed by atoms with van der Waals surface area (Å²) in [5, 5.41) is 2.03. The topological polar surface area (TPSA) is 56.0 Å². The molecular formula is C19H17BF2N2O. The second-order valence-electron chi connectivity index (χ2n) is 5.96. The van der Waals surface area contributed by atoms with E-state index in [2.05, 4.69) is 4.98 Å². The van der Waals surface area contributed by atoms with Gasteiger partial charge in [-0.2, -0.15) is 0 Å². The van der Waals surface area contributed by atoms with E-state index in [4.69, 9.17) is 5.73 Å². The van der Waals surface area contributed by atoms with Crippen LogP contribution in [0.1, 0.15) is 17.0 Å². The third-order valence-electron chi connectivity index (χ3n) is 4.30. The summed E-state index contributed by atoms with van der Waals surface area (Å²) in [4.78, 5) is 16.7. The van der Waals surface area contributed by atoms with Crippen molar-refractivity contribution in [2.45, 2.75) is 12.3 Å². The molecule has 25 heavy (non-hydrogen) atoms. The van der Waals surface area contributed by atoms with Crippen molar-refractivity contribution in [3.05, 3.63) is 72.1 Å². The second-order valence-corrected chi connectivity index (χ2v) is 5.96. The van der Waals surface area contributed by atoms with Gasteiger partial charge in [-0.25, -0.2) is 0 Å². The van der Waals surface area contributed by atoms with Crippen LogP contribution in [0.2, 0.25) is 0 Å². The molecule has 1 aromatic heterocycles. The van der Waals surface area contributed by atoms with Crippen LogP contribution in [0.15, 0.2) is 60.9 Å². The Labute approximate surface area is 145 Å². The Morgan fingerprint density at radius 2 is 1.84 bits per heavy atom. The minimum Gasteiger partial charge on any atom is -0.329 e. The number of carbonyl (C=O) groups excluding carboxylic acids is 1. The maximum absolute atomic E-state index is 12.7. The molecule has 0 fully saturated rings. The largest absolute Gasteiger partial charge is 0.571 e. The molecule has 3 aromatic rings. The molecule has 0 aliphatic heterocycles. The number of Topliss-reactive ketones (excluding diaryl/α,β-unsaturated/α-hetero) is 1. The van der Waals surface area contributed by atoms with Gasteiger partial charge in [-0.1, -0.05) is 42.5 Å². The molecule has 2 aromatic carbocycles. The maximum Gasteiger partial charge on any atom is 0.571 e. The molecule has 0 aliphatic rings. The molecule has 3 rings (SSSR count). The predicted molar refractivity (Wildman–Crippen MR) is 96.3 cm³/mol. The Balaban J connectivity index is 1.79. The molecule has 0 amide bonds. The van der Waals surface area contributed by atoms with Gasteiger partial charge in [0.15, 0.2) is 0 Å². The Hall–Kier alpha value is -2.60. The van der Waals surface area contributed by atoms with Crippen LogP contribution in [0.3, 0.4) is 0 Å². The quantitative estimate of drug-likeness (QED) is 0.703. The first-order chi connectivity index (χ1) is 12.1. The third kappa shape index (κ3) is 3.91. The molecule has 6 heteroatoms. The molecule has 2 N–H and O–H groups in total. The highest BCUT2D eigenvalue weighted by Gasteiger charge is 2.21. The van der Waals surface area contributed by atoms with Crippen LogP contribution in [-0.2, 0) is 11.2 Å². The van der Waals surface area contributed by atoms with Crippen molar-refractivity contribution in [1.82, 2.24) is 4.98 Å². The zero-order chi connectivity index (χ0) is 17.8. The average Bonchev–Trinajstić information content (AvgIpc) is 2.62. The van der Waals surface area contributed by atoms with Gasteiger partial charge >= 0.3 is 7.27 Å². The van der Waals surface area contributed by atoms with E-state index in [1.165, 1.54) is 12.1 Å². The van der Waals surface area contributed by atoms with Gasteiger partial charge in [-0.3, -0.25) is 18.4 Å². The number of hydrogen-bond acceptors (Lipinski definition) is 3. The lowest BCUT2D eigenvalue weighted by atomic mass is 9.83. The highest BCUT2D eigenvalue weighted by molar-refractivity contribution is 6.59. The van der Waals surface area contributed by atoms with Crippen LogP contribution >= 0.6 is 0 Å². The summed E-state index contributed by atoms with van der Waals surface area (Å²) in [6, 6.07) is 13.5. The summed E-state index contributed by atoms with van der Waals surface area (Å²) in [5.41, 5.74) is 7.27. The molecule has 0 radical (unpaired) electrons. The van der Waals surface area contributed by atoms with Gasteiger partial charge in [0.25, 0.3) is 0 Å². The number of halogens is 2. The zero-order valence-electron chi connectivity index (χ0n) is 13.5. The number of nitrogens with zero attached hydrogens (tertiary/aromatic N) is 1. The number of carbonyl (C=O) groups is 1. The monoisotopic (exact) mass is 338 g/mol. The van der Waals surface area contributed by atoms with E-state index in [9.17, 15) is 13.4 Å². The number of hydrogen-bond donors (Lipinski definition) is 1. The third-order valence-corrected chi connectivity index (χ3v) is 4.30. The molecule has 1 heterocycles. The highest BCUT2D eigenvalue weighted by Crippen LogP contribution is 2.20. The average molecular weight is 338 g/mol. The highest BCUT2D eigenvalue weighted by atomic mass is 19.2. The van der Waals surface area contributed by atoms with Gasteiger partial charge in [0.2, 0.25) is 0 Å². The lowest BCUT2D eigenvalue weighted by Crippen LogP contribution is -2.25. The normalized spacial score (nSPS) is 12.1. The molecule has 0 spiro atoms. The molecule has 1 unspecified atom stereocenters. The van der Waals surface area contributed by atoms with E-state index in [0.29, 0.717) is 5.56 Å². The van der Waals surface area contributed by atoms with Crippen molar-refractivity contribution in [2.24, 2.45) is 5.73 Å². The van der Waals surface area contributed by atoms with Crippen molar-refractivity contribution < 1.29 is 13.4 Å². The first-order valence-corrected chi connectivity index (χ1v) is 8.02. The SMILES string of the molecule is NCC(C(=O)Cc1ccc2cnccc2c1)c1ccc(B(F)F)cc1. The minimum absolute atomic E-state index is 0.0271. The summed E-state index contributed by atoms with van der Waals surface area (Å²) in [5.74, 6) is -0.527. The van der Waals surface area contributed by atoms with Gasteiger partial charge in [0, 0.05) is 30.7 Å². The number of pyridine rings is 1. The molecule has 3 nitrogen and oxygen atoms in total. The van der Waals surface area contributed by atoms with Gasteiger partial charge in [0.1, 0.15) is 5.78 Å². The van der Waals surface area contributed by atoms with Crippen LogP contribution in [0.25, 0.3) is 10.8 Å². The second kappa shape index (κ2) is 7.53. The van der Waals surface area contributed by atoms with E-state index < -0.39 is 13.2 Å². The Kier molecular flexibility index (Phi) is 5.19. The number of benzene rings is 2. The Morgan fingerprint density at radius 1 is 1.08 bits per heavy atom. The first-order valence-electron chi connectivity index (χ1n) is 8.02. The predicted octanol–water partition coefficient (Wildman–Crippen LogP) is 2.72. The van der Waals surface area contributed by atoms with E-state index in [1.807, 2.05) is 24.3 Å². The van der Waals surface area contributed by atoms with E-state index in [-0.39, 0.29) is 24.2 Å².